The summed E-state index contributed by atoms with van der Waals surface area (Å²) in [6.07, 6.45) is 3.87. The maximum Gasteiger partial charge on any atom is 0.247 e. The first-order chi connectivity index (χ1) is 11.7. The Balaban J connectivity index is 1.69. The lowest BCUT2D eigenvalue weighted by atomic mass is 10.1. The Morgan fingerprint density at radius 2 is 2.08 bits per heavy atom. The molecule has 24 heavy (non-hydrogen) atoms. The summed E-state index contributed by atoms with van der Waals surface area (Å²) in [6.45, 7) is 4.74. The van der Waals surface area contributed by atoms with E-state index >= 15 is 0 Å². The van der Waals surface area contributed by atoms with E-state index in [0.717, 1.165) is 18.7 Å². The number of nitriles is 1. The molecule has 0 saturated carbocycles. The van der Waals surface area contributed by atoms with Crippen molar-refractivity contribution in [1.29, 1.82) is 5.26 Å². The molecule has 1 aromatic carbocycles. The zero-order valence-corrected chi connectivity index (χ0v) is 13.7. The average Bonchev–Trinajstić information content (AvgIpc) is 3.05. The molecule has 1 amide bonds. The average molecular weight is 324 g/mol. The first-order valence-electron chi connectivity index (χ1n) is 8.07. The number of hydrogen-bond donors (Lipinski definition) is 0. The third-order valence-corrected chi connectivity index (χ3v) is 4.36. The van der Waals surface area contributed by atoms with E-state index in [4.69, 9.17) is 0 Å². The Kier molecular flexibility index (Phi) is 4.75. The van der Waals surface area contributed by atoms with Gasteiger partial charge in [0.25, 0.3) is 0 Å². The number of rotatable bonds is 3. The smallest absolute Gasteiger partial charge is 0.247 e. The van der Waals surface area contributed by atoms with Gasteiger partial charge in [-0.2, -0.15) is 10.4 Å². The maximum atomic E-state index is 12.7. The number of para-hydroxylation sites is 1. The second-order valence-corrected chi connectivity index (χ2v) is 5.85. The van der Waals surface area contributed by atoms with Crippen molar-refractivity contribution in [3.8, 4) is 6.07 Å². The largest absolute Gasteiger partial charge is 0.369 e. The Morgan fingerprint density at radius 1 is 1.25 bits per heavy atom. The van der Waals surface area contributed by atoms with Crippen LogP contribution in [-0.4, -0.2) is 51.8 Å². The molecule has 124 valence electrons. The van der Waals surface area contributed by atoms with Crippen molar-refractivity contribution < 1.29 is 4.79 Å². The van der Waals surface area contributed by atoms with Gasteiger partial charge in [-0.3, -0.25) is 4.79 Å². The molecule has 1 atom stereocenters. The SMILES string of the molecule is C[C@H](C(=O)N1CCCN(c2ccccc2C#N)CC1)n1cncn1. The summed E-state index contributed by atoms with van der Waals surface area (Å²) >= 11 is 0. The molecule has 1 fully saturated rings. The molecule has 1 aliphatic rings. The molecular formula is C17H20N6O. The monoisotopic (exact) mass is 324 g/mol. The summed E-state index contributed by atoms with van der Waals surface area (Å²) < 4.78 is 1.58. The third kappa shape index (κ3) is 3.23. The van der Waals surface area contributed by atoms with Crippen molar-refractivity contribution in [1.82, 2.24) is 19.7 Å². The predicted octanol–water partition coefficient (Wildman–Crippen LogP) is 1.45. The molecule has 1 aromatic heterocycles. The highest BCUT2D eigenvalue weighted by Crippen LogP contribution is 2.21. The fourth-order valence-electron chi connectivity index (χ4n) is 3.02. The number of nitrogens with zero attached hydrogens (tertiary/aromatic N) is 6. The van der Waals surface area contributed by atoms with Crippen LogP contribution in [0.3, 0.4) is 0 Å². The number of hydrogen-bond acceptors (Lipinski definition) is 5. The lowest BCUT2D eigenvalue weighted by molar-refractivity contribution is -0.134. The van der Waals surface area contributed by atoms with Crippen LogP contribution < -0.4 is 4.90 Å². The summed E-state index contributed by atoms with van der Waals surface area (Å²) in [5.74, 6) is 0.0518. The second kappa shape index (κ2) is 7.13. The molecule has 3 rings (SSSR count). The fraction of sp³-hybridized carbons (Fsp3) is 0.412. The van der Waals surface area contributed by atoms with Gasteiger partial charge in [-0.25, -0.2) is 9.67 Å². The molecule has 0 spiro atoms. The van der Waals surface area contributed by atoms with Crippen LogP contribution in [0.4, 0.5) is 5.69 Å². The molecule has 2 aromatic rings. The van der Waals surface area contributed by atoms with Crippen molar-refractivity contribution in [3.05, 3.63) is 42.5 Å². The normalized spacial score (nSPS) is 16.3. The van der Waals surface area contributed by atoms with Gasteiger partial charge in [-0.15, -0.1) is 0 Å². The van der Waals surface area contributed by atoms with Crippen LogP contribution in [-0.2, 0) is 4.79 Å². The Hall–Kier alpha value is -2.88. The fourth-order valence-corrected chi connectivity index (χ4v) is 3.02. The molecule has 0 radical (unpaired) electrons. The second-order valence-electron chi connectivity index (χ2n) is 5.85. The van der Waals surface area contributed by atoms with Crippen LogP contribution in [0.5, 0.6) is 0 Å². The lowest BCUT2D eigenvalue weighted by Gasteiger charge is -2.26. The first-order valence-corrected chi connectivity index (χ1v) is 8.07. The standard InChI is InChI=1S/C17H20N6O/c1-14(23-13-19-12-20-23)17(24)22-8-4-7-21(9-10-22)16-6-3-2-5-15(16)11-18/h2-3,5-6,12-14H,4,7-10H2,1H3/t14-/m1/s1. The number of carbonyl (C=O) groups excluding carboxylic acids is 1. The van der Waals surface area contributed by atoms with E-state index in [-0.39, 0.29) is 11.9 Å². The molecule has 1 aliphatic heterocycles. The maximum absolute atomic E-state index is 12.7. The molecule has 2 heterocycles. The molecule has 1 saturated heterocycles. The minimum absolute atomic E-state index is 0.0518. The van der Waals surface area contributed by atoms with E-state index in [1.807, 2.05) is 36.1 Å². The van der Waals surface area contributed by atoms with Gasteiger partial charge in [-0.05, 0) is 25.5 Å². The van der Waals surface area contributed by atoms with E-state index < -0.39 is 0 Å². The molecule has 7 nitrogen and oxygen atoms in total. The summed E-state index contributed by atoms with van der Waals surface area (Å²) in [7, 11) is 0. The molecular weight excluding hydrogens is 304 g/mol. The van der Waals surface area contributed by atoms with E-state index in [1.165, 1.54) is 6.33 Å². The quantitative estimate of drug-likeness (QED) is 0.854. The van der Waals surface area contributed by atoms with Gasteiger partial charge in [0.1, 0.15) is 24.8 Å². The van der Waals surface area contributed by atoms with Crippen LogP contribution in [0, 0.1) is 11.3 Å². The van der Waals surface area contributed by atoms with Crippen LogP contribution in [0.15, 0.2) is 36.9 Å². The van der Waals surface area contributed by atoms with Crippen LogP contribution >= 0.6 is 0 Å². The highest BCUT2D eigenvalue weighted by Gasteiger charge is 2.25. The molecule has 7 heteroatoms. The van der Waals surface area contributed by atoms with Gasteiger partial charge >= 0.3 is 0 Å². The van der Waals surface area contributed by atoms with Crippen molar-refractivity contribution in [2.75, 3.05) is 31.1 Å². The molecule has 0 bridgehead atoms. The summed E-state index contributed by atoms with van der Waals surface area (Å²) in [6, 6.07) is 9.49. The topological polar surface area (TPSA) is 78.0 Å². The minimum Gasteiger partial charge on any atom is -0.369 e. The zero-order valence-electron chi connectivity index (χ0n) is 13.7. The summed E-state index contributed by atoms with van der Waals surface area (Å²) in [5.41, 5.74) is 1.62. The highest BCUT2D eigenvalue weighted by molar-refractivity contribution is 5.80. The molecule has 0 aliphatic carbocycles. The van der Waals surface area contributed by atoms with Crippen molar-refractivity contribution in [3.63, 3.8) is 0 Å². The highest BCUT2D eigenvalue weighted by atomic mass is 16.2. The number of benzene rings is 1. The van der Waals surface area contributed by atoms with Gasteiger partial charge in [-0.1, -0.05) is 12.1 Å². The van der Waals surface area contributed by atoms with Gasteiger partial charge in [0.05, 0.1) is 11.3 Å². The van der Waals surface area contributed by atoms with Gasteiger partial charge < -0.3 is 9.80 Å². The number of aromatic nitrogens is 3. The van der Waals surface area contributed by atoms with Crippen molar-refractivity contribution in [2.45, 2.75) is 19.4 Å². The van der Waals surface area contributed by atoms with Gasteiger partial charge in [0.2, 0.25) is 5.91 Å². The van der Waals surface area contributed by atoms with Gasteiger partial charge in [0, 0.05) is 26.2 Å². The van der Waals surface area contributed by atoms with Crippen LogP contribution in [0.2, 0.25) is 0 Å². The third-order valence-electron chi connectivity index (χ3n) is 4.36. The molecule has 0 unspecified atom stereocenters. The van der Waals surface area contributed by atoms with Crippen molar-refractivity contribution in [2.24, 2.45) is 0 Å². The van der Waals surface area contributed by atoms with Crippen LogP contribution in [0.1, 0.15) is 24.9 Å². The lowest BCUT2D eigenvalue weighted by Crippen LogP contribution is -2.39. The summed E-state index contributed by atoms with van der Waals surface area (Å²) in [5, 5.41) is 13.3. The van der Waals surface area contributed by atoms with Gasteiger partial charge in [0.15, 0.2) is 0 Å². The Morgan fingerprint density at radius 3 is 2.83 bits per heavy atom. The number of carbonyl (C=O) groups is 1. The summed E-state index contributed by atoms with van der Waals surface area (Å²) in [4.78, 5) is 20.6. The van der Waals surface area contributed by atoms with E-state index in [1.54, 1.807) is 11.0 Å². The zero-order chi connectivity index (χ0) is 16.9. The first kappa shape index (κ1) is 16.0. The predicted molar refractivity (Wildman–Crippen MR) is 89.3 cm³/mol. The minimum atomic E-state index is -0.356. The van der Waals surface area contributed by atoms with E-state index in [2.05, 4.69) is 21.1 Å². The van der Waals surface area contributed by atoms with E-state index in [0.29, 0.717) is 25.2 Å². The van der Waals surface area contributed by atoms with E-state index in [9.17, 15) is 10.1 Å². The molecule has 0 N–H and O–H groups in total. The Labute approximate surface area is 141 Å². The Bertz CT molecular complexity index is 736. The van der Waals surface area contributed by atoms with Crippen LogP contribution in [0.25, 0.3) is 0 Å². The number of anilines is 1. The number of amides is 1. The van der Waals surface area contributed by atoms with Crippen molar-refractivity contribution >= 4 is 11.6 Å².